The van der Waals surface area contributed by atoms with Gasteiger partial charge in [-0.3, -0.25) is 0 Å². The summed E-state index contributed by atoms with van der Waals surface area (Å²) in [5.74, 6) is 0.294. The molecule has 3 nitrogen and oxygen atoms in total. The molecule has 0 saturated carbocycles. The van der Waals surface area contributed by atoms with Gasteiger partial charge in [0.05, 0.1) is 0 Å². The Morgan fingerprint density at radius 3 is 2.67 bits per heavy atom. The number of benzene rings is 1. The fourth-order valence-electron chi connectivity index (χ4n) is 2.34. The zero-order valence-corrected chi connectivity index (χ0v) is 11.0. The minimum absolute atomic E-state index is 0.105. The number of aryl methyl sites for hydroxylation is 1. The highest BCUT2D eigenvalue weighted by molar-refractivity contribution is 5.85. The standard InChI is InChI=1S/C15H18O3/c1-4-5-10-8-13(17)18-15-11(10)6-7-12(16)14(15)9(2)3/h6-9,16H,4-5H2,1-3H3. The molecule has 96 valence electrons. The molecule has 0 fully saturated rings. The number of fused-ring (bicyclic) bond motifs is 1. The van der Waals surface area contributed by atoms with Crippen molar-refractivity contribution in [2.24, 2.45) is 0 Å². The molecule has 0 radical (unpaired) electrons. The van der Waals surface area contributed by atoms with Gasteiger partial charge in [0.25, 0.3) is 0 Å². The van der Waals surface area contributed by atoms with E-state index in [9.17, 15) is 9.90 Å². The molecule has 1 heterocycles. The van der Waals surface area contributed by atoms with Crippen molar-refractivity contribution in [3.05, 3.63) is 39.7 Å². The molecule has 0 aliphatic rings. The summed E-state index contributed by atoms with van der Waals surface area (Å²) in [6, 6.07) is 5.05. The van der Waals surface area contributed by atoms with Crippen LogP contribution in [-0.4, -0.2) is 5.11 Å². The zero-order valence-electron chi connectivity index (χ0n) is 11.0. The molecule has 2 rings (SSSR count). The highest BCUT2D eigenvalue weighted by Crippen LogP contribution is 2.33. The molecular weight excluding hydrogens is 228 g/mol. The molecule has 0 aliphatic heterocycles. The number of phenols is 1. The van der Waals surface area contributed by atoms with Gasteiger partial charge < -0.3 is 9.52 Å². The first-order valence-electron chi connectivity index (χ1n) is 6.33. The second-order valence-electron chi connectivity index (χ2n) is 4.87. The molecule has 1 aromatic carbocycles. The third kappa shape index (κ3) is 2.13. The third-order valence-electron chi connectivity index (χ3n) is 3.11. The predicted octanol–water partition coefficient (Wildman–Crippen LogP) is 3.57. The number of hydrogen-bond acceptors (Lipinski definition) is 3. The van der Waals surface area contributed by atoms with E-state index in [0.29, 0.717) is 11.1 Å². The van der Waals surface area contributed by atoms with Crippen molar-refractivity contribution in [3.63, 3.8) is 0 Å². The molecule has 3 heteroatoms. The molecular formula is C15H18O3. The Balaban J connectivity index is 2.85. The van der Waals surface area contributed by atoms with Crippen molar-refractivity contribution in [3.8, 4) is 5.75 Å². The van der Waals surface area contributed by atoms with Gasteiger partial charge in [-0.1, -0.05) is 27.2 Å². The lowest BCUT2D eigenvalue weighted by Crippen LogP contribution is -2.03. The summed E-state index contributed by atoms with van der Waals surface area (Å²) in [6.07, 6.45) is 1.81. The molecule has 18 heavy (non-hydrogen) atoms. The van der Waals surface area contributed by atoms with E-state index in [1.54, 1.807) is 12.1 Å². The van der Waals surface area contributed by atoms with Crippen LogP contribution in [0.2, 0.25) is 0 Å². The maximum Gasteiger partial charge on any atom is 0.336 e. The molecule has 0 amide bonds. The Hall–Kier alpha value is -1.77. The van der Waals surface area contributed by atoms with Gasteiger partial charge in [0.1, 0.15) is 11.3 Å². The first kappa shape index (κ1) is 12.7. The van der Waals surface area contributed by atoms with Gasteiger partial charge in [0, 0.05) is 17.0 Å². The van der Waals surface area contributed by atoms with Gasteiger partial charge >= 0.3 is 5.63 Å². The van der Waals surface area contributed by atoms with Crippen LogP contribution < -0.4 is 5.63 Å². The maximum atomic E-state index is 11.6. The van der Waals surface area contributed by atoms with Gasteiger partial charge in [-0.2, -0.15) is 0 Å². The molecule has 1 aromatic heterocycles. The van der Waals surface area contributed by atoms with Gasteiger partial charge in [-0.05, 0) is 30.0 Å². The quantitative estimate of drug-likeness (QED) is 0.842. The topological polar surface area (TPSA) is 50.4 Å². The van der Waals surface area contributed by atoms with Crippen LogP contribution in [0.1, 0.15) is 44.2 Å². The summed E-state index contributed by atoms with van der Waals surface area (Å²) in [5, 5.41) is 10.9. The van der Waals surface area contributed by atoms with E-state index in [4.69, 9.17) is 4.42 Å². The molecule has 0 saturated heterocycles. The lowest BCUT2D eigenvalue weighted by molar-refractivity contribution is 0.461. The molecule has 1 N–H and O–H groups in total. The van der Waals surface area contributed by atoms with Crippen molar-refractivity contribution in [1.29, 1.82) is 0 Å². The second-order valence-corrected chi connectivity index (χ2v) is 4.87. The minimum Gasteiger partial charge on any atom is -0.508 e. The highest BCUT2D eigenvalue weighted by atomic mass is 16.4. The molecule has 0 atom stereocenters. The monoisotopic (exact) mass is 246 g/mol. The van der Waals surface area contributed by atoms with Crippen LogP contribution >= 0.6 is 0 Å². The van der Waals surface area contributed by atoms with E-state index in [1.807, 2.05) is 19.9 Å². The maximum absolute atomic E-state index is 11.6. The van der Waals surface area contributed by atoms with Gasteiger partial charge in [0.2, 0.25) is 0 Å². The first-order valence-corrected chi connectivity index (χ1v) is 6.33. The highest BCUT2D eigenvalue weighted by Gasteiger charge is 2.15. The molecule has 0 unspecified atom stereocenters. The zero-order chi connectivity index (χ0) is 13.3. The van der Waals surface area contributed by atoms with Crippen molar-refractivity contribution in [2.75, 3.05) is 0 Å². The van der Waals surface area contributed by atoms with E-state index in [-0.39, 0.29) is 17.3 Å². The third-order valence-corrected chi connectivity index (χ3v) is 3.11. The lowest BCUT2D eigenvalue weighted by Gasteiger charge is -2.12. The number of aromatic hydroxyl groups is 1. The number of hydrogen-bond donors (Lipinski definition) is 1. The van der Waals surface area contributed by atoms with E-state index in [2.05, 4.69) is 6.92 Å². The predicted molar refractivity (Wildman–Crippen MR) is 72.2 cm³/mol. The van der Waals surface area contributed by atoms with Gasteiger partial charge in [0.15, 0.2) is 0 Å². The summed E-state index contributed by atoms with van der Waals surface area (Å²) in [6.45, 7) is 6.02. The Kier molecular flexibility index (Phi) is 3.41. The van der Waals surface area contributed by atoms with Crippen molar-refractivity contribution in [1.82, 2.24) is 0 Å². The first-order chi connectivity index (χ1) is 8.54. The average Bonchev–Trinajstić information content (AvgIpc) is 2.27. The van der Waals surface area contributed by atoms with Gasteiger partial charge in [-0.25, -0.2) is 4.79 Å². The van der Waals surface area contributed by atoms with Crippen LogP contribution in [0.4, 0.5) is 0 Å². The summed E-state index contributed by atoms with van der Waals surface area (Å²) in [4.78, 5) is 11.6. The van der Waals surface area contributed by atoms with E-state index in [1.165, 1.54) is 0 Å². The van der Waals surface area contributed by atoms with Crippen LogP contribution in [0, 0.1) is 0 Å². The largest absolute Gasteiger partial charge is 0.508 e. The molecule has 2 aromatic rings. The summed E-state index contributed by atoms with van der Waals surface area (Å²) < 4.78 is 5.31. The summed E-state index contributed by atoms with van der Waals surface area (Å²) >= 11 is 0. The number of phenolic OH excluding ortho intramolecular Hbond substituents is 1. The summed E-state index contributed by atoms with van der Waals surface area (Å²) in [7, 11) is 0. The SMILES string of the molecule is CCCc1cc(=O)oc2c(C(C)C)c(O)ccc12. The Morgan fingerprint density at radius 2 is 2.06 bits per heavy atom. The summed E-state index contributed by atoms with van der Waals surface area (Å²) in [5.41, 5.74) is 1.88. The second kappa shape index (κ2) is 4.84. The Morgan fingerprint density at radius 1 is 1.33 bits per heavy atom. The fourth-order valence-corrected chi connectivity index (χ4v) is 2.34. The molecule has 0 aliphatic carbocycles. The van der Waals surface area contributed by atoms with Crippen LogP contribution in [0.25, 0.3) is 11.0 Å². The normalized spacial score (nSPS) is 11.3. The minimum atomic E-state index is -0.349. The van der Waals surface area contributed by atoms with Crippen LogP contribution in [0.5, 0.6) is 5.75 Å². The molecule has 0 spiro atoms. The average molecular weight is 246 g/mol. The van der Waals surface area contributed by atoms with Crippen LogP contribution in [0.15, 0.2) is 27.4 Å². The smallest absolute Gasteiger partial charge is 0.336 e. The number of rotatable bonds is 3. The fraction of sp³-hybridized carbons (Fsp3) is 0.400. The van der Waals surface area contributed by atoms with E-state index >= 15 is 0 Å². The van der Waals surface area contributed by atoms with Crippen LogP contribution in [0.3, 0.4) is 0 Å². The van der Waals surface area contributed by atoms with Crippen molar-refractivity contribution in [2.45, 2.75) is 39.5 Å². The molecule has 0 bridgehead atoms. The van der Waals surface area contributed by atoms with Crippen molar-refractivity contribution >= 4 is 11.0 Å². The van der Waals surface area contributed by atoms with Crippen molar-refractivity contribution < 1.29 is 9.52 Å². The van der Waals surface area contributed by atoms with Crippen LogP contribution in [-0.2, 0) is 6.42 Å². The van der Waals surface area contributed by atoms with Gasteiger partial charge in [-0.15, -0.1) is 0 Å². The Bertz CT molecular complexity index is 623. The van der Waals surface area contributed by atoms with E-state index in [0.717, 1.165) is 23.8 Å². The Labute approximate surface area is 106 Å². The lowest BCUT2D eigenvalue weighted by atomic mass is 9.96. The van der Waals surface area contributed by atoms with E-state index < -0.39 is 0 Å².